The van der Waals surface area contributed by atoms with Crippen LogP contribution in [0.25, 0.3) is 0 Å². The fourth-order valence-electron chi connectivity index (χ4n) is 16.3. The first kappa shape index (κ1) is 59.9. The van der Waals surface area contributed by atoms with Gasteiger partial charge >= 0.3 is 5.97 Å². The number of fused-ring (bicyclic) bond motifs is 7. The lowest BCUT2D eigenvalue weighted by molar-refractivity contribution is -0.407. The largest absolute Gasteiger partial charge is 0.479 e. The predicted molar refractivity (Wildman–Crippen MR) is 260 cm³/mol. The van der Waals surface area contributed by atoms with Crippen molar-refractivity contribution in [2.75, 3.05) is 19.8 Å². The van der Waals surface area contributed by atoms with E-state index in [0.29, 0.717) is 25.7 Å². The third-order valence-electron chi connectivity index (χ3n) is 21.0. The van der Waals surface area contributed by atoms with Crippen molar-refractivity contribution in [3.8, 4) is 0 Å². The van der Waals surface area contributed by atoms with Gasteiger partial charge in [-0.05, 0) is 96.7 Å². The maximum Gasteiger partial charge on any atom is 0.335 e. The molecule has 4 saturated carbocycles. The van der Waals surface area contributed by atoms with E-state index in [0.717, 1.165) is 32.1 Å². The molecule has 4 saturated heterocycles. The number of carboxylic acids is 1. The average Bonchev–Trinajstić information content (AvgIpc) is 3.51. The first-order valence-electron chi connectivity index (χ1n) is 27.5. The molecule has 0 unspecified atom stereocenters. The van der Waals surface area contributed by atoms with Crippen molar-refractivity contribution in [1.82, 2.24) is 0 Å². The van der Waals surface area contributed by atoms with E-state index in [1.807, 2.05) is 0 Å². The molecule has 0 aromatic heterocycles. The van der Waals surface area contributed by atoms with Crippen LogP contribution in [0.3, 0.4) is 0 Å². The molecule has 0 spiro atoms. The molecule has 0 aromatic rings. The van der Waals surface area contributed by atoms with Crippen molar-refractivity contribution in [3.05, 3.63) is 11.6 Å². The highest BCUT2D eigenvalue weighted by molar-refractivity contribution is 5.73. The highest BCUT2D eigenvalue weighted by Crippen LogP contribution is 2.75. The third kappa shape index (κ3) is 9.79. The summed E-state index contributed by atoms with van der Waals surface area (Å²) in [7, 11) is 0. The minimum absolute atomic E-state index is 0.0119. The minimum Gasteiger partial charge on any atom is -0.479 e. The van der Waals surface area contributed by atoms with Crippen LogP contribution in [0.1, 0.15) is 106 Å². The molecule has 0 radical (unpaired) electrons. The summed E-state index contributed by atoms with van der Waals surface area (Å²) in [5, 5.41) is 164. The number of rotatable bonds is 12. The lowest BCUT2D eigenvalue weighted by Crippen LogP contribution is -2.69. The Morgan fingerprint density at radius 2 is 1.08 bits per heavy atom. The van der Waals surface area contributed by atoms with Crippen molar-refractivity contribution in [2.45, 2.75) is 247 Å². The second-order valence-electron chi connectivity index (χ2n) is 26.1. The van der Waals surface area contributed by atoms with Crippen LogP contribution in [0, 0.1) is 44.8 Å². The van der Waals surface area contributed by atoms with Gasteiger partial charge in [-0.1, -0.05) is 60.1 Å². The van der Waals surface area contributed by atoms with Crippen LogP contribution >= 0.6 is 0 Å². The standard InChI is InChI=1S/C53H86O24/c1-48(2)14-15-53(69)22(16-48)21-8-9-27-50(5)12-11-29(49(3,4)26(50)10-13-51(27,6)52(21,7)17-28(53)57)73-47-42(77-45-37(65)34(62)31(59)24(19-55)71-45)39(38(66)40(75-47)43(67)68)74-46-41(35(63)32(60)25(20-56)72-46)76-44-36(64)33(61)30(58)23(18-54)70-44/h8,22-42,44-47,54-66,69H,9-20H2,1-7H3,(H,67,68)/t22-,23+,24+,25+,26-,27+,28+,29-,30+,31-,32-,33-,34-,35-,36+,37+,38-,39-,40-,41+,42+,44-,45-,46-,47+,50-,51+,52+,53+/m0/s1. The summed E-state index contributed by atoms with van der Waals surface area (Å²) in [6.07, 6.45) is -32.4. The van der Waals surface area contributed by atoms with Gasteiger partial charge in [0, 0.05) is 5.92 Å². The van der Waals surface area contributed by atoms with Crippen molar-refractivity contribution < 1.29 is 119 Å². The number of aliphatic hydroxyl groups excluding tert-OH is 13. The summed E-state index contributed by atoms with van der Waals surface area (Å²) in [5.74, 6) is -1.81. The Morgan fingerprint density at radius 1 is 0.558 bits per heavy atom. The molecule has 77 heavy (non-hydrogen) atoms. The van der Waals surface area contributed by atoms with Gasteiger partial charge in [0.25, 0.3) is 0 Å². The van der Waals surface area contributed by atoms with Gasteiger partial charge in [-0.25, -0.2) is 4.79 Å². The summed E-state index contributed by atoms with van der Waals surface area (Å²) >= 11 is 0. The smallest absolute Gasteiger partial charge is 0.335 e. The van der Waals surface area contributed by atoms with Gasteiger partial charge in [0.1, 0.15) is 91.6 Å². The second kappa shape index (κ2) is 21.5. The lowest BCUT2D eigenvalue weighted by atomic mass is 9.34. The maximum absolute atomic E-state index is 13.1. The highest BCUT2D eigenvalue weighted by atomic mass is 16.8. The minimum atomic E-state index is -2.27. The third-order valence-corrected chi connectivity index (χ3v) is 21.0. The Morgan fingerprint density at radius 3 is 1.64 bits per heavy atom. The molecule has 0 amide bonds. The van der Waals surface area contributed by atoms with Crippen molar-refractivity contribution in [1.29, 1.82) is 0 Å². The average molecular weight is 1110 g/mol. The number of carboxylic acid groups (broad SMARTS) is 1. The van der Waals surface area contributed by atoms with Crippen LogP contribution in [-0.2, 0) is 42.7 Å². The van der Waals surface area contributed by atoms with Crippen LogP contribution in [-0.4, -0.2) is 243 Å². The van der Waals surface area contributed by atoms with Gasteiger partial charge in [0.15, 0.2) is 31.3 Å². The number of ether oxygens (including phenoxy) is 8. The molecule has 24 nitrogen and oxygen atoms in total. The molecule has 9 rings (SSSR count). The van der Waals surface area contributed by atoms with Gasteiger partial charge in [-0.2, -0.15) is 0 Å². The Kier molecular flexibility index (Phi) is 16.7. The Bertz CT molecular complexity index is 2130. The molecular weight excluding hydrogens is 1020 g/mol. The van der Waals surface area contributed by atoms with E-state index >= 15 is 0 Å². The molecule has 15 N–H and O–H groups in total. The molecule has 8 fully saturated rings. The van der Waals surface area contributed by atoms with Crippen LogP contribution in [0.15, 0.2) is 11.6 Å². The fourth-order valence-corrected chi connectivity index (χ4v) is 16.3. The van der Waals surface area contributed by atoms with Crippen molar-refractivity contribution in [3.63, 3.8) is 0 Å². The molecule has 9 aliphatic rings. The number of aliphatic carboxylic acids is 1. The van der Waals surface area contributed by atoms with E-state index < -0.39 is 177 Å². The molecule has 4 heterocycles. The monoisotopic (exact) mass is 1110 g/mol. The molecule has 29 atom stereocenters. The van der Waals surface area contributed by atoms with Gasteiger partial charge in [0.05, 0.1) is 37.6 Å². The first-order valence-corrected chi connectivity index (χ1v) is 27.5. The van der Waals surface area contributed by atoms with Crippen LogP contribution in [0.5, 0.6) is 0 Å². The highest BCUT2D eigenvalue weighted by Gasteiger charge is 2.70. The van der Waals surface area contributed by atoms with Crippen molar-refractivity contribution >= 4 is 5.97 Å². The normalized spacial score (nSPS) is 54.5. The maximum atomic E-state index is 13.1. The zero-order valence-electron chi connectivity index (χ0n) is 44.9. The van der Waals surface area contributed by atoms with Crippen LogP contribution < -0.4 is 0 Å². The van der Waals surface area contributed by atoms with Gasteiger partial charge in [-0.3, -0.25) is 0 Å². The van der Waals surface area contributed by atoms with E-state index in [4.69, 9.17) is 37.9 Å². The molecule has 0 bridgehead atoms. The molecule has 24 heteroatoms. The van der Waals surface area contributed by atoms with E-state index in [-0.39, 0.29) is 34.0 Å². The zero-order chi connectivity index (χ0) is 56.4. The predicted octanol–water partition coefficient (Wildman–Crippen LogP) is -2.75. The number of carbonyl (C=O) groups is 1. The quantitative estimate of drug-likeness (QED) is 0.0696. The van der Waals surface area contributed by atoms with E-state index in [9.17, 15) is 81.4 Å². The zero-order valence-corrected chi connectivity index (χ0v) is 44.9. The van der Waals surface area contributed by atoms with Gasteiger partial charge in [-0.15, -0.1) is 0 Å². The van der Waals surface area contributed by atoms with E-state index in [1.54, 1.807) is 0 Å². The van der Waals surface area contributed by atoms with Crippen LogP contribution in [0.4, 0.5) is 0 Å². The summed E-state index contributed by atoms with van der Waals surface area (Å²) in [6, 6.07) is 0. The molecule has 5 aliphatic carbocycles. The summed E-state index contributed by atoms with van der Waals surface area (Å²) < 4.78 is 48.7. The molecular formula is C53H86O24. The topological polar surface area (TPSA) is 394 Å². The fraction of sp³-hybridized carbons (Fsp3) is 0.943. The number of aliphatic hydroxyl groups is 14. The number of allylic oxidation sites excluding steroid dienone is 1. The number of hydrogen-bond donors (Lipinski definition) is 15. The van der Waals surface area contributed by atoms with Gasteiger partial charge in [0.2, 0.25) is 0 Å². The summed E-state index contributed by atoms with van der Waals surface area (Å²) in [5.41, 5.74) is -1.73. The summed E-state index contributed by atoms with van der Waals surface area (Å²) in [4.78, 5) is 13.1. The van der Waals surface area contributed by atoms with E-state index in [2.05, 4.69) is 54.5 Å². The lowest BCUT2D eigenvalue weighted by Gasteiger charge is -2.71. The van der Waals surface area contributed by atoms with E-state index in [1.165, 1.54) is 5.57 Å². The molecule has 442 valence electrons. The van der Waals surface area contributed by atoms with Crippen molar-refractivity contribution in [2.24, 2.45) is 44.8 Å². The molecule has 0 aromatic carbocycles. The summed E-state index contributed by atoms with van der Waals surface area (Å²) in [6.45, 7) is 12.8. The Balaban J connectivity index is 1.05. The second-order valence-corrected chi connectivity index (χ2v) is 26.1. The Hall–Kier alpha value is -1.67. The van der Waals surface area contributed by atoms with Crippen LogP contribution in [0.2, 0.25) is 0 Å². The Labute approximate surface area is 447 Å². The first-order chi connectivity index (χ1) is 35.9. The SMILES string of the molecule is CC1(C)CC[C@]2(O)[C@H](O)C[C@]3(C)C(=CC[C@@H]4[C@@]5(C)CC[C@H](O[C@@H]6O[C@H](C(=O)O)[C@@H](O)[C@H](O[C@@H]7O[C@H](CO)[C@H](O)[C@H](O)[C@H]7O[C@@H]7O[C@H](CO)[C@@H](O)[C@H](O)[C@H]7O)[C@H]6O[C@@H]6O[C@H](CO)[C@H](O)[C@H](O)[C@H]6O)C(C)(C)[C@@H]5CC[C@]43C)[C@@H]2C1. The number of hydrogen-bond acceptors (Lipinski definition) is 23. The molecule has 4 aliphatic heterocycles. The van der Waals surface area contributed by atoms with Gasteiger partial charge < -0.3 is 114 Å².